The van der Waals surface area contributed by atoms with Crippen LogP contribution in [-0.2, 0) is 0 Å². The molecule has 0 aliphatic carbocycles. The fraction of sp³-hybridized carbons (Fsp3) is 0.556. The summed E-state index contributed by atoms with van der Waals surface area (Å²) in [7, 11) is 0. The average molecular weight is 156 g/mol. The molecule has 0 amide bonds. The van der Waals surface area contributed by atoms with Crippen molar-refractivity contribution in [3.63, 3.8) is 0 Å². The van der Waals surface area contributed by atoms with Crippen LogP contribution in [0.2, 0.25) is 0 Å². The second-order valence-corrected chi connectivity index (χ2v) is 2.32. The molecule has 0 saturated carbocycles. The van der Waals surface area contributed by atoms with Crippen LogP contribution in [0.25, 0.3) is 0 Å². The zero-order valence-electron chi connectivity index (χ0n) is 6.90. The smallest absolute Gasteiger partial charge is 0.0723 e. The quantitative estimate of drug-likeness (QED) is 0.588. The number of hydrogen-bond donors (Lipinski definition) is 2. The van der Waals surface area contributed by atoms with Crippen molar-refractivity contribution >= 4 is 0 Å². The molecule has 0 aromatic rings. The lowest BCUT2D eigenvalue weighted by molar-refractivity contribution is 0.214. The van der Waals surface area contributed by atoms with Crippen LogP contribution < -0.4 is 0 Å². The minimum absolute atomic E-state index is 0.0830. The third-order valence-electron chi connectivity index (χ3n) is 1.32. The van der Waals surface area contributed by atoms with Gasteiger partial charge in [0, 0.05) is 0 Å². The molecule has 1 unspecified atom stereocenters. The van der Waals surface area contributed by atoms with E-state index in [1.807, 2.05) is 19.1 Å². The van der Waals surface area contributed by atoms with Gasteiger partial charge < -0.3 is 10.2 Å². The Balaban J connectivity index is 3.30. The van der Waals surface area contributed by atoms with Crippen LogP contribution in [0.5, 0.6) is 0 Å². The maximum atomic E-state index is 9.17. The van der Waals surface area contributed by atoms with Gasteiger partial charge >= 0.3 is 0 Å². The van der Waals surface area contributed by atoms with Crippen molar-refractivity contribution < 1.29 is 10.2 Å². The lowest BCUT2D eigenvalue weighted by Crippen LogP contribution is -1.99. The van der Waals surface area contributed by atoms with Crippen molar-refractivity contribution in [1.29, 1.82) is 0 Å². The van der Waals surface area contributed by atoms with Gasteiger partial charge in [-0.3, -0.25) is 0 Å². The lowest BCUT2D eigenvalue weighted by Gasteiger charge is -2.00. The molecule has 0 fully saturated rings. The Morgan fingerprint density at radius 2 is 2.09 bits per heavy atom. The van der Waals surface area contributed by atoms with Crippen molar-refractivity contribution in [2.24, 2.45) is 0 Å². The molecular formula is C9H16O2. The summed E-state index contributed by atoms with van der Waals surface area (Å²) in [6.07, 6.45) is 8.33. The Kier molecular flexibility index (Phi) is 7.10. The van der Waals surface area contributed by atoms with Crippen LogP contribution in [0.1, 0.15) is 19.8 Å². The fourth-order valence-corrected chi connectivity index (χ4v) is 0.778. The van der Waals surface area contributed by atoms with E-state index in [4.69, 9.17) is 10.2 Å². The molecule has 2 N–H and O–H groups in total. The van der Waals surface area contributed by atoms with Gasteiger partial charge in [-0.25, -0.2) is 0 Å². The first kappa shape index (κ1) is 10.4. The number of aliphatic hydroxyl groups is 2. The summed E-state index contributed by atoms with van der Waals surface area (Å²) in [6.45, 7) is 1.96. The minimum Gasteiger partial charge on any atom is -0.392 e. The van der Waals surface area contributed by atoms with E-state index in [2.05, 4.69) is 0 Å². The van der Waals surface area contributed by atoms with Crippen molar-refractivity contribution in [3.05, 3.63) is 24.3 Å². The SMILES string of the molecule is CC=CC(O)CCC=CCO. The molecule has 1 atom stereocenters. The monoisotopic (exact) mass is 156 g/mol. The number of hydrogen-bond acceptors (Lipinski definition) is 2. The molecule has 0 saturated heterocycles. The van der Waals surface area contributed by atoms with Crippen molar-refractivity contribution in [1.82, 2.24) is 0 Å². The first-order chi connectivity index (χ1) is 5.31. The van der Waals surface area contributed by atoms with Crippen LogP contribution in [0, 0.1) is 0 Å². The van der Waals surface area contributed by atoms with Gasteiger partial charge in [-0.15, -0.1) is 0 Å². The van der Waals surface area contributed by atoms with E-state index >= 15 is 0 Å². The minimum atomic E-state index is -0.344. The molecule has 0 bridgehead atoms. The van der Waals surface area contributed by atoms with Crippen LogP contribution in [0.4, 0.5) is 0 Å². The lowest BCUT2D eigenvalue weighted by atomic mass is 10.2. The number of aliphatic hydroxyl groups excluding tert-OH is 2. The first-order valence-corrected chi connectivity index (χ1v) is 3.88. The average Bonchev–Trinajstić information content (AvgIpc) is 1.99. The summed E-state index contributed by atoms with van der Waals surface area (Å²) >= 11 is 0. The van der Waals surface area contributed by atoms with E-state index in [1.54, 1.807) is 12.2 Å². The molecule has 2 heteroatoms. The van der Waals surface area contributed by atoms with Gasteiger partial charge in [0.1, 0.15) is 0 Å². The van der Waals surface area contributed by atoms with Gasteiger partial charge in [-0.2, -0.15) is 0 Å². The van der Waals surface area contributed by atoms with Gasteiger partial charge in [-0.05, 0) is 19.8 Å². The summed E-state index contributed by atoms with van der Waals surface area (Å²) in [4.78, 5) is 0. The van der Waals surface area contributed by atoms with E-state index in [0.29, 0.717) is 0 Å². The predicted molar refractivity (Wildman–Crippen MR) is 46.3 cm³/mol. The highest BCUT2D eigenvalue weighted by atomic mass is 16.3. The van der Waals surface area contributed by atoms with E-state index in [1.165, 1.54) is 0 Å². The van der Waals surface area contributed by atoms with Gasteiger partial charge in [0.25, 0.3) is 0 Å². The highest BCUT2D eigenvalue weighted by molar-refractivity contribution is 4.88. The van der Waals surface area contributed by atoms with Gasteiger partial charge in [0.05, 0.1) is 12.7 Å². The summed E-state index contributed by atoms with van der Waals surface area (Å²) in [6, 6.07) is 0. The van der Waals surface area contributed by atoms with Gasteiger partial charge in [0.2, 0.25) is 0 Å². The second kappa shape index (κ2) is 7.51. The van der Waals surface area contributed by atoms with Crippen molar-refractivity contribution in [3.8, 4) is 0 Å². The van der Waals surface area contributed by atoms with Crippen LogP contribution in [-0.4, -0.2) is 22.9 Å². The Morgan fingerprint density at radius 1 is 1.36 bits per heavy atom. The summed E-state index contributed by atoms with van der Waals surface area (Å²) in [5, 5.41) is 17.5. The zero-order chi connectivity index (χ0) is 8.53. The Morgan fingerprint density at radius 3 is 2.64 bits per heavy atom. The molecule has 0 aromatic heterocycles. The molecule has 0 aliphatic rings. The zero-order valence-corrected chi connectivity index (χ0v) is 6.90. The predicted octanol–water partition coefficient (Wildman–Crippen LogP) is 1.25. The van der Waals surface area contributed by atoms with Crippen LogP contribution in [0.15, 0.2) is 24.3 Å². The molecule has 0 aromatic carbocycles. The fourth-order valence-electron chi connectivity index (χ4n) is 0.778. The van der Waals surface area contributed by atoms with Gasteiger partial charge in [-0.1, -0.05) is 24.3 Å². The molecule has 2 nitrogen and oxygen atoms in total. The molecule has 0 radical (unpaired) electrons. The van der Waals surface area contributed by atoms with Crippen LogP contribution in [0.3, 0.4) is 0 Å². The first-order valence-electron chi connectivity index (χ1n) is 3.88. The van der Waals surface area contributed by atoms with Crippen molar-refractivity contribution in [2.75, 3.05) is 6.61 Å². The normalized spacial score (nSPS) is 14.8. The second-order valence-electron chi connectivity index (χ2n) is 2.32. The largest absolute Gasteiger partial charge is 0.392 e. The van der Waals surface area contributed by atoms with Crippen molar-refractivity contribution in [2.45, 2.75) is 25.9 Å². The van der Waals surface area contributed by atoms with Gasteiger partial charge in [0.15, 0.2) is 0 Å². The highest BCUT2D eigenvalue weighted by Gasteiger charge is 1.94. The maximum Gasteiger partial charge on any atom is 0.0723 e. The summed E-state index contributed by atoms with van der Waals surface area (Å²) in [5.41, 5.74) is 0. The number of allylic oxidation sites excluding steroid dienone is 2. The third kappa shape index (κ3) is 7.30. The summed E-state index contributed by atoms with van der Waals surface area (Å²) < 4.78 is 0. The Bertz CT molecular complexity index is 128. The van der Waals surface area contributed by atoms with Crippen LogP contribution >= 0.6 is 0 Å². The van der Waals surface area contributed by atoms with E-state index < -0.39 is 0 Å². The molecule has 0 heterocycles. The molecule has 64 valence electrons. The molecule has 0 spiro atoms. The topological polar surface area (TPSA) is 40.5 Å². The summed E-state index contributed by atoms with van der Waals surface area (Å²) in [5.74, 6) is 0. The van der Waals surface area contributed by atoms with E-state index in [9.17, 15) is 0 Å². The highest BCUT2D eigenvalue weighted by Crippen LogP contribution is 1.99. The molecule has 0 aliphatic heterocycles. The maximum absolute atomic E-state index is 9.17. The molecular weight excluding hydrogens is 140 g/mol. The Labute approximate surface area is 67.9 Å². The number of rotatable bonds is 5. The standard InChI is InChI=1S/C9H16O2/c1-2-6-9(11)7-4-3-5-8-10/h2-3,5-6,9-11H,4,7-8H2,1H3. The Hall–Kier alpha value is -0.600. The molecule has 0 rings (SSSR count). The third-order valence-corrected chi connectivity index (χ3v) is 1.32. The van der Waals surface area contributed by atoms with E-state index in [-0.39, 0.29) is 12.7 Å². The van der Waals surface area contributed by atoms with E-state index in [0.717, 1.165) is 12.8 Å². The molecule has 11 heavy (non-hydrogen) atoms.